The summed E-state index contributed by atoms with van der Waals surface area (Å²) in [6.07, 6.45) is 5.72. The molecule has 3 unspecified atom stereocenters. The van der Waals surface area contributed by atoms with Crippen LogP contribution in [0.1, 0.15) is 31.7 Å². The molecule has 8 heteroatoms. The second-order valence-corrected chi connectivity index (χ2v) is 6.78. The molecule has 1 aliphatic heterocycles. The number of carbonyl (C=O) groups excluding carboxylic acids is 3. The van der Waals surface area contributed by atoms with Crippen LogP contribution < -0.4 is 5.32 Å². The van der Waals surface area contributed by atoms with Crippen LogP contribution in [-0.4, -0.2) is 38.9 Å². The first kappa shape index (κ1) is 15.8. The van der Waals surface area contributed by atoms with Gasteiger partial charge in [-0.15, -0.1) is 10.2 Å². The summed E-state index contributed by atoms with van der Waals surface area (Å²) >= 11 is 1.29. The van der Waals surface area contributed by atoms with Crippen molar-refractivity contribution in [2.24, 2.45) is 11.8 Å². The van der Waals surface area contributed by atoms with Crippen molar-refractivity contribution in [1.82, 2.24) is 15.1 Å². The SMILES string of the molecule is CCc1nnc(NC(=O)C(C)N2C(=O)C3CC=CCC3C2=O)s1. The third kappa shape index (κ3) is 2.78. The van der Waals surface area contributed by atoms with E-state index in [2.05, 4.69) is 15.5 Å². The number of nitrogens with one attached hydrogen (secondary N) is 1. The van der Waals surface area contributed by atoms with Gasteiger partial charge in [0.2, 0.25) is 22.9 Å². The summed E-state index contributed by atoms with van der Waals surface area (Å²) in [5, 5.41) is 11.7. The first-order chi connectivity index (χ1) is 11.0. The summed E-state index contributed by atoms with van der Waals surface area (Å²) in [5.74, 6) is -1.57. The second-order valence-electron chi connectivity index (χ2n) is 5.72. The van der Waals surface area contributed by atoms with Gasteiger partial charge in [0.05, 0.1) is 11.8 Å². The van der Waals surface area contributed by atoms with Gasteiger partial charge in [0.25, 0.3) is 0 Å². The second kappa shape index (κ2) is 6.19. The standard InChI is InChI=1S/C15H18N4O3S/c1-3-11-17-18-15(23-11)16-12(20)8(2)19-13(21)9-6-4-5-7-10(9)14(19)22/h4-5,8-10H,3,6-7H2,1-2H3,(H,16,18,20). The molecular weight excluding hydrogens is 316 g/mol. The third-order valence-electron chi connectivity index (χ3n) is 4.31. The number of carbonyl (C=O) groups is 3. The van der Waals surface area contributed by atoms with Crippen LogP contribution >= 0.6 is 11.3 Å². The highest BCUT2D eigenvalue weighted by atomic mass is 32.1. The zero-order valence-electron chi connectivity index (χ0n) is 13.0. The molecule has 3 atom stereocenters. The number of hydrogen-bond acceptors (Lipinski definition) is 6. The van der Waals surface area contributed by atoms with Crippen LogP contribution in [0.5, 0.6) is 0 Å². The zero-order chi connectivity index (χ0) is 16.6. The van der Waals surface area contributed by atoms with Crippen LogP contribution in [0.2, 0.25) is 0 Å². The lowest BCUT2D eigenvalue weighted by Gasteiger charge is -2.21. The number of fused-ring (bicyclic) bond motifs is 1. The van der Waals surface area contributed by atoms with Crippen molar-refractivity contribution in [3.05, 3.63) is 17.2 Å². The highest BCUT2D eigenvalue weighted by Gasteiger charge is 2.50. The summed E-state index contributed by atoms with van der Waals surface area (Å²) in [5.41, 5.74) is 0. The van der Waals surface area contributed by atoms with Crippen molar-refractivity contribution >= 4 is 34.2 Å². The van der Waals surface area contributed by atoms with E-state index in [-0.39, 0.29) is 23.7 Å². The summed E-state index contributed by atoms with van der Waals surface area (Å²) in [4.78, 5) is 38.4. The fourth-order valence-electron chi connectivity index (χ4n) is 2.98. The van der Waals surface area contributed by atoms with Gasteiger partial charge < -0.3 is 0 Å². The van der Waals surface area contributed by atoms with E-state index in [4.69, 9.17) is 0 Å². The van der Waals surface area contributed by atoms with Gasteiger partial charge in [0.15, 0.2) is 0 Å². The lowest BCUT2D eigenvalue weighted by molar-refractivity contribution is -0.146. The molecule has 23 heavy (non-hydrogen) atoms. The minimum absolute atomic E-state index is 0.251. The Labute approximate surface area is 137 Å². The largest absolute Gasteiger partial charge is 0.299 e. The van der Waals surface area contributed by atoms with Crippen molar-refractivity contribution in [2.45, 2.75) is 39.2 Å². The molecule has 1 aromatic rings. The Morgan fingerprint density at radius 3 is 2.43 bits per heavy atom. The Morgan fingerprint density at radius 1 is 1.30 bits per heavy atom. The molecule has 0 bridgehead atoms. The maximum atomic E-state index is 12.5. The fraction of sp³-hybridized carbons (Fsp3) is 0.533. The van der Waals surface area contributed by atoms with Crippen molar-refractivity contribution < 1.29 is 14.4 Å². The van der Waals surface area contributed by atoms with E-state index in [1.54, 1.807) is 6.92 Å². The highest BCUT2D eigenvalue weighted by molar-refractivity contribution is 7.15. The smallest absolute Gasteiger partial charge is 0.249 e. The average molecular weight is 334 g/mol. The van der Waals surface area contributed by atoms with Gasteiger partial charge in [0, 0.05) is 0 Å². The van der Waals surface area contributed by atoms with E-state index < -0.39 is 11.9 Å². The Hall–Kier alpha value is -2.09. The molecule has 3 amide bonds. The molecule has 7 nitrogen and oxygen atoms in total. The first-order valence-electron chi connectivity index (χ1n) is 7.68. The predicted octanol–water partition coefficient (Wildman–Crippen LogP) is 1.38. The highest BCUT2D eigenvalue weighted by Crippen LogP contribution is 2.36. The number of hydrogen-bond donors (Lipinski definition) is 1. The zero-order valence-corrected chi connectivity index (χ0v) is 13.8. The van der Waals surface area contributed by atoms with Crippen molar-refractivity contribution in [3.63, 3.8) is 0 Å². The lowest BCUT2D eigenvalue weighted by Crippen LogP contribution is -2.46. The Morgan fingerprint density at radius 2 is 1.91 bits per heavy atom. The van der Waals surface area contributed by atoms with Crippen LogP contribution in [0.3, 0.4) is 0 Å². The molecule has 1 N–H and O–H groups in total. The first-order valence-corrected chi connectivity index (χ1v) is 8.49. The summed E-state index contributed by atoms with van der Waals surface area (Å²) in [6.45, 7) is 3.52. The van der Waals surface area contributed by atoms with Gasteiger partial charge in [-0.05, 0) is 26.2 Å². The fourth-order valence-corrected chi connectivity index (χ4v) is 3.66. The molecule has 3 rings (SSSR count). The van der Waals surface area contributed by atoms with Crippen molar-refractivity contribution in [3.8, 4) is 0 Å². The van der Waals surface area contributed by atoms with Crippen LogP contribution in [0.4, 0.5) is 5.13 Å². The molecule has 1 fully saturated rings. The van der Waals surface area contributed by atoms with Crippen LogP contribution in [0.25, 0.3) is 0 Å². The molecule has 2 heterocycles. The number of aryl methyl sites for hydroxylation is 1. The molecular formula is C15H18N4O3S. The lowest BCUT2D eigenvalue weighted by atomic mass is 9.85. The summed E-state index contributed by atoms with van der Waals surface area (Å²) in [7, 11) is 0. The van der Waals surface area contributed by atoms with Gasteiger partial charge in [-0.25, -0.2) is 0 Å². The minimum Gasteiger partial charge on any atom is -0.299 e. The third-order valence-corrected chi connectivity index (χ3v) is 5.29. The number of nitrogens with zero attached hydrogens (tertiary/aromatic N) is 3. The molecule has 1 saturated heterocycles. The van der Waals surface area contributed by atoms with E-state index >= 15 is 0 Å². The molecule has 0 aromatic carbocycles. The summed E-state index contributed by atoms with van der Waals surface area (Å²) < 4.78 is 0. The number of anilines is 1. The molecule has 122 valence electrons. The van der Waals surface area contributed by atoms with Gasteiger partial charge >= 0.3 is 0 Å². The minimum atomic E-state index is -0.852. The molecule has 0 radical (unpaired) electrons. The van der Waals surface area contributed by atoms with Crippen LogP contribution in [0, 0.1) is 11.8 Å². The average Bonchev–Trinajstić information content (AvgIpc) is 3.11. The summed E-state index contributed by atoms with van der Waals surface area (Å²) in [6, 6.07) is -0.852. The maximum absolute atomic E-state index is 12.5. The molecule has 2 aliphatic rings. The van der Waals surface area contributed by atoms with Crippen LogP contribution in [0.15, 0.2) is 12.2 Å². The van der Waals surface area contributed by atoms with Gasteiger partial charge in [-0.1, -0.05) is 30.4 Å². The van der Waals surface area contributed by atoms with Crippen molar-refractivity contribution in [1.29, 1.82) is 0 Å². The van der Waals surface area contributed by atoms with Gasteiger partial charge in [0.1, 0.15) is 11.0 Å². The monoisotopic (exact) mass is 334 g/mol. The van der Waals surface area contributed by atoms with E-state index in [0.29, 0.717) is 18.0 Å². The number of rotatable bonds is 4. The van der Waals surface area contributed by atoms with E-state index in [1.165, 1.54) is 11.3 Å². The maximum Gasteiger partial charge on any atom is 0.249 e. The van der Waals surface area contributed by atoms with Crippen molar-refractivity contribution in [2.75, 3.05) is 5.32 Å². The number of likely N-dealkylation sites (tertiary alicyclic amines) is 1. The molecule has 1 aromatic heterocycles. The van der Waals surface area contributed by atoms with E-state index in [9.17, 15) is 14.4 Å². The van der Waals surface area contributed by atoms with E-state index in [1.807, 2.05) is 19.1 Å². The Balaban J connectivity index is 1.72. The normalized spacial score (nSPS) is 24.7. The Bertz CT molecular complexity index is 658. The molecule has 0 saturated carbocycles. The quantitative estimate of drug-likeness (QED) is 0.663. The Kier molecular flexibility index (Phi) is 4.25. The molecule has 1 aliphatic carbocycles. The number of aromatic nitrogens is 2. The topological polar surface area (TPSA) is 92.3 Å². The number of imide groups is 1. The molecule has 0 spiro atoms. The van der Waals surface area contributed by atoms with Crippen LogP contribution in [-0.2, 0) is 20.8 Å². The number of allylic oxidation sites excluding steroid dienone is 2. The number of amides is 3. The van der Waals surface area contributed by atoms with Gasteiger partial charge in [-0.3, -0.25) is 24.6 Å². The predicted molar refractivity (Wildman–Crippen MR) is 84.6 cm³/mol. The van der Waals surface area contributed by atoms with Gasteiger partial charge in [-0.2, -0.15) is 0 Å². The van der Waals surface area contributed by atoms with E-state index in [0.717, 1.165) is 16.3 Å².